The van der Waals surface area contributed by atoms with Crippen LogP contribution in [0.5, 0.6) is 0 Å². The minimum atomic E-state index is 0. The molecular formula is H4Be2Cu2. The third kappa shape index (κ3) is 10.1. The molecule has 4 heteroatoms. The Hall–Kier alpha value is 1.38. The first kappa shape index (κ1) is 54.3. The van der Waals surface area contributed by atoms with Crippen molar-refractivity contribution in [3.05, 3.63) is 0 Å². The van der Waals surface area contributed by atoms with Crippen molar-refractivity contribution in [1.82, 2.24) is 0 Å². The minimum absolute atomic E-state index is 0. The molecule has 0 heterocycles. The second kappa shape index (κ2) is 26.3. The first-order chi connectivity index (χ1) is 0. The molecule has 0 aromatic heterocycles. The van der Waals surface area contributed by atoms with E-state index in [4.69, 9.17) is 0 Å². The second-order valence-electron chi connectivity index (χ2n) is 0. The van der Waals surface area contributed by atoms with Crippen molar-refractivity contribution in [3.63, 3.8) is 0 Å². The Balaban J connectivity index is 0. The van der Waals surface area contributed by atoms with E-state index in [-0.39, 0.29) is 54.4 Å². The zero-order valence-corrected chi connectivity index (χ0v) is 2.49. The molecule has 2 radical (unpaired) electrons. The molecule has 0 nitrogen and oxygen atoms in total. The second-order valence-corrected chi connectivity index (χ2v) is 0. The molecule has 0 unspecified atom stereocenters. The molecule has 0 saturated heterocycles. The summed E-state index contributed by atoms with van der Waals surface area (Å²) < 4.78 is 0. The summed E-state index contributed by atoms with van der Waals surface area (Å²) in [5, 5.41) is 0. The zero-order chi connectivity index (χ0) is 0. The van der Waals surface area contributed by atoms with Crippen molar-refractivity contribution in [2.75, 3.05) is 0 Å². The Bertz CT molecular complexity index is 4.00. The third-order valence-corrected chi connectivity index (χ3v) is 0. The SMILES string of the molecule is [BeH2].[BeH2].[Cu].[Cu]. The summed E-state index contributed by atoms with van der Waals surface area (Å²) in [7, 11) is 0. The maximum atomic E-state index is 0. The molecule has 0 aromatic carbocycles. The first-order valence-electron chi connectivity index (χ1n) is 0. The fraction of sp³-hybridized carbons (Fsp3) is 0. The maximum absolute atomic E-state index is 0. The van der Waals surface area contributed by atoms with Gasteiger partial charge in [-0.15, -0.1) is 0 Å². The summed E-state index contributed by atoms with van der Waals surface area (Å²) in [4.78, 5) is 0. The van der Waals surface area contributed by atoms with Gasteiger partial charge in [-0.2, -0.15) is 0 Å². The van der Waals surface area contributed by atoms with Crippen LogP contribution in [0.15, 0.2) is 0 Å². The van der Waals surface area contributed by atoms with E-state index < -0.39 is 0 Å². The number of hydrogen-bond donors (Lipinski definition) is 0. The van der Waals surface area contributed by atoms with Crippen molar-refractivity contribution < 1.29 is 34.1 Å². The van der Waals surface area contributed by atoms with E-state index in [2.05, 4.69) is 0 Å². The van der Waals surface area contributed by atoms with Gasteiger partial charge in [-0.05, 0) is 0 Å². The van der Waals surface area contributed by atoms with E-state index in [0.29, 0.717) is 0 Å². The smallest absolute Gasteiger partial charge is 0 e. The summed E-state index contributed by atoms with van der Waals surface area (Å²) >= 11 is 0. The van der Waals surface area contributed by atoms with Crippen LogP contribution < -0.4 is 0 Å². The Morgan fingerprint density at radius 2 is 0.500 bits per heavy atom. The van der Waals surface area contributed by atoms with Crippen molar-refractivity contribution >= 4 is 20.2 Å². The number of rotatable bonds is 0. The van der Waals surface area contributed by atoms with E-state index in [1.54, 1.807) is 0 Å². The molecule has 0 spiro atoms. The van der Waals surface area contributed by atoms with Gasteiger partial charge in [-0.25, -0.2) is 0 Å². The summed E-state index contributed by atoms with van der Waals surface area (Å²) in [5.41, 5.74) is 0. The standard InChI is InChI=1S/2Be.2Cu.4H. The largest absolute Gasteiger partial charge is 0 e. The Morgan fingerprint density at radius 1 is 0.500 bits per heavy atom. The van der Waals surface area contributed by atoms with Gasteiger partial charge in [-0.3, -0.25) is 0 Å². The van der Waals surface area contributed by atoms with E-state index in [1.807, 2.05) is 0 Å². The Kier molecular flexibility index (Phi) is 358. The van der Waals surface area contributed by atoms with Gasteiger partial charge in [0.15, 0.2) is 0 Å². The van der Waals surface area contributed by atoms with Crippen LogP contribution in [0.4, 0.5) is 0 Å². The first-order valence-corrected chi connectivity index (χ1v) is 0. The van der Waals surface area contributed by atoms with Gasteiger partial charge in [-0.1, -0.05) is 0 Å². The van der Waals surface area contributed by atoms with Gasteiger partial charge in [0.1, 0.15) is 0 Å². The maximum Gasteiger partial charge on any atom is 0 e. The van der Waals surface area contributed by atoms with Crippen LogP contribution in [0.25, 0.3) is 0 Å². The predicted octanol–water partition coefficient (Wildman–Crippen LogP) is -1.84. The molecule has 0 atom stereocenters. The van der Waals surface area contributed by atoms with Crippen molar-refractivity contribution in [2.45, 2.75) is 0 Å². The van der Waals surface area contributed by atoms with Crippen LogP contribution >= 0.6 is 0 Å². The van der Waals surface area contributed by atoms with E-state index in [9.17, 15) is 0 Å². The van der Waals surface area contributed by atoms with Crippen LogP contribution in [0.3, 0.4) is 0 Å². The van der Waals surface area contributed by atoms with E-state index in [0.717, 1.165) is 0 Å². The van der Waals surface area contributed by atoms with Gasteiger partial charge in [0, 0.05) is 34.1 Å². The fourth-order valence-electron chi connectivity index (χ4n) is 0. The minimum Gasteiger partial charge on any atom is 0 e. The summed E-state index contributed by atoms with van der Waals surface area (Å²) in [6.07, 6.45) is 0. The van der Waals surface area contributed by atoms with Crippen LogP contribution in [-0.2, 0) is 34.1 Å². The molecule has 4 heavy (non-hydrogen) atoms. The molecule has 0 bridgehead atoms. The molecule has 30 valence electrons. The van der Waals surface area contributed by atoms with Crippen molar-refractivity contribution in [3.8, 4) is 0 Å². The molecule has 0 N–H and O–H groups in total. The Morgan fingerprint density at radius 3 is 0.500 bits per heavy atom. The summed E-state index contributed by atoms with van der Waals surface area (Å²) in [6, 6.07) is 0. The Labute approximate surface area is 54.5 Å². The van der Waals surface area contributed by atoms with Gasteiger partial charge >= 0.3 is 20.2 Å². The average molecular weight is 149 g/mol. The molecular weight excluding hydrogens is 145 g/mol. The molecule has 0 saturated carbocycles. The van der Waals surface area contributed by atoms with Gasteiger partial charge < -0.3 is 0 Å². The zero-order valence-electron chi connectivity index (χ0n) is 0.603. The normalized spacial score (nSPS) is 0. The van der Waals surface area contributed by atoms with E-state index in [1.165, 1.54) is 0 Å². The molecule has 0 aromatic rings. The summed E-state index contributed by atoms with van der Waals surface area (Å²) in [5.74, 6) is 0. The monoisotopic (exact) mass is 148 g/mol. The van der Waals surface area contributed by atoms with Gasteiger partial charge in [0.2, 0.25) is 0 Å². The topological polar surface area (TPSA) is 0 Å². The third-order valence-electron chi connectivity index (χ3n) is 0. The van der Waals surface area contributed by atoms with Crippen molar-refractivity contribution in [1.29, 1.82) is 0 Å². The molecule has 0 amide bonds. The quantitative estimate of drug-likeness (QED) is 0.355. The summed E-state index contributed by atoms with van der Waals surface area (Å²) in [6.45, 7) is 0. The van der Waals surface area contributed by atoms with E-state index >= 15 is 0 Å². The van der Waals surface area contributed by atoms with Crippen LogP contribution in [-0.4, -0.2) is 20.2 Å². The van der Waals surface area contributed by atoms with Crippen molar-refractivity contribution in [2.24, 2.45) is 0 Å². The molecule has 0 aliphatic carbocycles. The van der Waals surface area contributed by atoms with Crippen LogP contribution in [0.1, 0.15) is 0 Å². The molecule has 0 aliphatic heterocycles. The molecule has 0 rings (SSSR count). The van der Waals surface area contributed by atoms with Gasteiger partial charge in [0.25, 0.3) is 0 Å². The molecule has 0 fully saturated rings. The van der Waals surface area contributed by atoms with Gasteiger partial charge in [0.05, 0.1) is 0 Å². The molecule has 0 aliphatic rings. The van der Waals surface area contributed by atoms with Crippen LogP contribution in [0.2, 0.25) is 0 Å². The number of hydrogen-bond acceptors (Lipinski definition) is 0. The van der Waals surface area contributed by atoms with Crippen LogP contribution in [0, 0.1) is 0 Å². The average Bonchev–Trinajstić information content (AvgIpc) is 0. The fourth-order valence-corrected chi connectivity index (χ4v) is 0. The predicted molar refractivity (Wildman–Crippen MR) is 17.1 cm³/mol.